The SMILES string of the molecule is CC(C)(C)c1ccc(C2=NOC3(CCN(OC(=S)NC4CCCC4)CC3)C2)cc1. The van der Waals surface area contributed by atoms with Crippen molar-refractivity contribution in [3.8, 4) is 0 Å². The summed E-state index contributed by atoms with van der Waals surface area (Å²) >= 11 is 5.39. The van der Waals surface area contributed by atoms with E-state index in [0.29, 0.717) is 11.2 Å². The first kappa shape index (κ1) is 20.6. The lowest BCUT2D eigenvalue weighted by Crippen LogP contribution is -2.47. The van der Waals surface area contributed by atoms with Crippen LogP contribution in [0.4, 0.5) is 0 Å². The van der Waals surface area contributed by atoms with Crippen molar-refractivity contribution in [1.82, 2.24) is 10.4 Å². The molecule has 2 heterocycles. The van der Waals surface area contributed by atoms with E-state index in [9.17, 15) is 0 Å². The van der Waals surface area contributed by atoms with Gasteiger partial charge in [-0.2, -0.15) is 0 Å². The van der Waals surface area contributed by atoms with E-state index in [4.69, 9.17) is 21.9 Å². The molecule has 1 aromatic rings. The molecule has 1 aromatic carbocycles. The molecule has 4 rings (SSSR count). The van der Waals surface area contributed by atoms with Crippen LogP contribution in [0.5, 0.6) is 0 Å². The van der Waals surface area contributed by atoms with Gasteiger partial charge in [0.25, 0.3) is 5.17 Å². The number of hydrogen-bond donors (Lipinski definition) is 1. The first-order chi connectivity index (χ1) is 13.8. The minimum atomic E-state index is -0.196. The maximum absolute atomic E-state index is 5.96. The fourth-order valence-electron chi connectivity index (χ4n) is 4.47. The first-order valence-electron chi connectivity index (χ1n) is 10.9. The molecule has 158 valence electrons. The van der Waals surface area contributed by atoms with Crippen LogP contribution in [0.1, 0.15) is 76.8 Å². The van der Waals surface area contributed by atoms with Gasteiger partial charge in [-0.15, -0.1) is 5.06 Å². The summed E-state index contributed by atoms with van der Waals surface area (Å²) in [6.45, 7) is 8.31. The molecule has 0 atom stereocenters. The standard InChI is InChI=1S/C23H33N3O2S/c1-22(2,3)18-10-8-17(9-11-18)20-16-23(28-25-20)12-14-26(15-13-23)27-21(29)24-19-6-4-5-7-19/h8-11,19H,4-7,12-16H2,1-3H3,(H,24,29). The van der Waals surface area contributed by atoms with Crippen LogP contribution in [-0.4, -0.2) is 40.7 Å². The Morgan fingerprint density at radius 2 is 1.83 bits per heavy atom. The van der Waals surface area contributed by atoms with Gasteiger partial charge in [0.1, 0.15) is 5.60 Å². The fraction of sp³-hybridized carbons (Fsp3) is 0.652. The molecule has 2 fully saturated rings. The summed E-state index contributed by atoms with van der Waals surface area (Å²) in [6, 6.07) is 9.24. The smallest absolute Gasteiger partial charge is 0.278 e. The van der Waals surface area contributed by atoms with Crippen LogP contribution in [0, 0.1) is 0 Å². The Morgan fingerprint density at radius 3 is 2.45 bits per heavy atom. The predicted octanol–water partition coefficient (Wildman–Crippen LogP) is 4.69. The van der Waals surface area contributed by atoms with E-state index in [2.05, 4.69) is 55.5 Å². The number of nitrogens with one attached hydrogen (secondary N) is 1. The van der Waals surface area contributed by atoms with E-state index >= 15 is 0 Å². The number of nitrogens with zero attached hydrogens (tertiary/aromatic N) is 2. The Morgan fingerprint density at radius 1 is 1.17 bits per heavy atom. The molecule has 0 aromatic heterocycles. The minimum absolute atomic E-state index is 0.160. The van der Waals surface area contributed by atoms with Crippen molar-refractivity contribution in [1.29, 1.82) is 0 Å². The van der Waals surface area contributed by atoms with Gasteiger partial charge >= 0.3 is 0 Å². The zero-order valence-electron chi connectivity index (χ0n) is 17.9. The van der Waals surface area contributed by atoms with E-state index in [-0.39, 0.29) is 11.0 Å². The lowest BCUT2D eigenvalue weighted by Gasteiger charge is -2.36. The van der Waals surface area contributed by atoms with Gasteiger partial charge in [0.15, 0.2) is 0 Å². The van der Waals surface area contributed by atoms with E-state index < -0.39 is 0 Å². The molecule has 1 saturated carbocycles. The molecule has 1 aliphatic carbocycles. The monoisotopic (exact) mass is 415 g/mol. The van der Waals surface area contributed by atoms with Crippen molar-refractivity contribution in [2.45, 2.75) is 82.8 Å². The molecule has 0 amide bonds. The Bertz CT molecular complexity index is 755. The van der Waals surface area contributed by atoms with Gasteiger partial charge in [-0.05, 0) is 41.6 Å². The molecular weight excluding hydrogens is 382 g/mol. The molecule has 1 saturated heterocycles. The third-order valence-corrected chi connectivity index (χ3v) is 6.64. The van der Waals surface area contributed by atoms with Crippen LogP contribution >= 0.6 is 12.2 Å². The Labute approximate surface area is 179 Å². The summed E-state index contributed by atoms with van der Waals surface area (Å²) in [5, 5.41) is 10.3. The molecular formula is C23H33N3O2S. The highest BCUT2D eigenvalue weighted by molar-refractivity contribution is 7.80. The van der Waals surface area contributed by atoms with Crippen LogP contribution in [0.2, 0.25) is 0 Å². The Hall–Kier alpha value is -1.66. The molecule has 0 radical (unpaired) electrons. The van der Waals surface area contributed by atoms with Crippen LogP contribution in [0.25, 0.3) is 0 Å². The summed E-state index contributed by atoms with van der Waals surface area (Å²) in [5.74, 6) is 0. The van der Waals surface area contributed by atoms with E-state index in [0.717, 1.165) is 43.6 Å². The average molecular weight is 416 g/mol. The van der Waals surface area contributed by atoms with Gasteiger partial charge in [0.05, 0.1) is 5.71 Å². The maximum atomic E-state index is 5.96. The summed E-state index contributed by atoms with van der Waals surface area (Å²) in [7, 11) is 0. The second kappa shape index (κ2) is 8.23. The lowest BCUT2D eigenvalue weighted by atomic mass is 9.84. The van der Waals surface area contributed by atoms with Crippen molar-refractivity contribution in [3.63, 3.8) is 0 Å². The molecule has 6 heteroatoms. The van der Waals surface area contributed by atoms with Crippen LogP contribution < -0.4 is 5.32 Å². The van der Waals surface area contributed by atoms with Crippen molar-refractivity contribution < 1.29 is 9.68 Å². The molecule has 0 unspecified atom stereocenters. The molecule has 29 heavy (non-hydrogen) atoms. The van der Waals surface area contributed by atoms with E-state index in [1.807, 2.05) is 5.06 Å². The normalized spacial score (nSPS) is 22.4. The van der Waals surface area contributed by atoms with Gasteiger partial charge in [0, 0.05) is 38.4 Å². The molecule has 3 aliphatic rings. The third-order valence-electron chi connectivity index (χ3n) is 6.45. The fourth-order valence-corrected chi connectivity index (χ4v) is 4.74. The first-order valence-corrected chi connectivity index (χ1v) is 11.3. The van der Waals surface area contributed by atoms with Crippen molar-refractivity contribution in [2.75, 3.05) is 13.1 Å². The largest absolute Gasteiger partial charge is 0.388 e. The van der Waals surface area contributed by atoms with Gasteiger partial charge in [-0.3, -0.25) is 0 Å². The number of rotatable bonds is 3. The van der Waals surface area contributed by atoms with E-state index in [1.165, 1.54) is 31.2 Å². The zero-order chi connectivity index (χ0) is 20.5. The number of thiocarbonyl (C=S) groups is 1. The Balaban J connectivity index is 1.27. The number of hydroxylamine groups is 2. The molecule has 0 bridgehead atoms. The minimum Gasteiger partial charge on any atom is -0.388 e. The van der Waals surface area contributed by atoms with Crippen LogP contribution in [-0.2, 0) is 15.1 Å². The maximum Gasteiger partial charge on any atom is 0.278 e. The van der Waals surface area contributed by atoms with Gasteiger partial charge in [0.2, 0.25) is 0 Å². The Kier molecular flexibility index (Phi) is 5.85. The van der Waals surface area contributed by atoms with Crippen molar-refractivity contribution in [3.05, 3.63) is 35.4 Å². The number of hydrogen-bond acceptors (Lipinski definition) is 5. The van der Waals surface area contributed by atoms with Gasteiger partial charge < -0.3 is 15.0 Å². The van der Waals surface area contributed by atoms with E-state index in [1.54, 1.807) is 0 Å². The van der Waals surface area contributed by atoms with Crippen LogP contribution in [0.15, 0.2) is 29.4 Å². The molecule has 1 spiro atoms. The predicted molar refractivity (Wildman–Crippen MR) is 120 cm³/mol. The zero-order valence-corrected chi connectivity index (χ0v) is 18.7. The van der Waals surface area contributed by atoms with Crippen molar-refractivity contribution in [2.24, 2.45) is 5.16 Å². The summed E-state index contributed by atoms with van der Waals surface area (Å²) in [5.41, 5.74) is 3.52. The lowest BCUT2D eigenvalue weighted by molar-refractivity contribution is -0.145. The van der Waals surface area contributed by atoms with Gasteiger partial charge in [-0.1, -0.05) is 63.0 Å². The highest BCUT2D eigenvalue weighted by Crippen LogP contribution is 2.36. The number of piperidine rings is 1. The number of oxime groups is 1. The van der Waals surface area contributed by atoms with Gasteiger partial charge in [-0.25, -0.2) is 0 Å². The van der Waals surface area contributed by atoms with Crippen LogP contribution in [0.3, 0.4) is 0 Å². The second-order valence-electron chi connectivity index (χ2n) is 9.75. The molecule has 1 N–H and O–H groups in total. The quantitative estimate of drug-likeness (QED) is 0.726. The average Bonchev–Trinajstić information content (AvgIpc) is 3.34. The summed E-state index contributed by atoms with van der Waals surface area (Å²) in [6.07, 6.45) is 7.60. The topological polar surface area (TPSA) is 46.1 Å². The highest BCUT2D eigenvalue weighted by atomic mass is 32.1. The molecule has 2 aliphatic heterocycles. The summed E-state index contributed by atoms with van der Waals surface area (Å²) in [4.78, 5) is 11.8. The second-order valence-corrected chi connectivity index (χ2v) is 10.1. The van der Waals surface area contributed by atoms with Crippen molar-refractivity contribution >= 4 is 23.1 Å². The summed E-state index contributed by atoms with van der Waals surface area (Å²) < 4.78 is 0. The highest BCUT2D eigenvalue weighted by Gasteiger charge is 2.43. The number of benzene rings is 1. The molecule has 5 nitrogen and oxygen atoms in total. The third kappa shape index (κ3) is 4.92.